The van der Waals surface area contributed by atoms with Crippen LogP contribution in [0.2, 0.25) is 0 Å². The van der Waals surface area contributed by atoms with Crippen LogP contribution < -0.4 is 10.1 Å². The average molecular weight is 278 g/mol. The van der Waals surface area contributed by atoms with E-state index in [-0.39, 0.29) is 17.3 Å². The number of aromatic nitrogens is 2. The molecule has 106 valence electrons. The van der Waals surface area contributed by atoms with Crippen LogP contribution in [0.25, 0.3) is 11.5 Å². The average Bonchev–Trinajstić information content (AvgIpc) is 2.88. The Morgan fingerprint density at radius 3 is 2.95 bits per heavy atom. The van der Waals surface area contributed by atoms with Crippen LogP contribution in [-0.4, -0.2) is 28.7 Å². The van der Waals surface area contributed by atoms with Crippen LogP contribution in [0, 0.1) is 10.1 Å². The monoisotopic (exact) mass is 278 g/mol. The minimum atomic E-state index is -0.501. The zero-order valence-electron chi connectivity index (χ0n) is 11.1. The summed E-state index contributed by atoms with van der Waals surface area (Å²) in [5, 5.41) is 17.7. The second-order valence-corrected chi connectivity index (χ2v) is 3.89. The van der Waals surface area contributed by atoms with E-state index >= 15 is 0 Å². The van der Waals surface area contributed by atoms with Gasteiger partial charge in [0, 0.05) is 6.07 Å². The molecule has 0 saturated carbocycles. The zero-order chi connectivity index (χ0) is 14.5. The first-order valence-corrected chi connectivity index (χ1v) is 6.05. The molecule has 1 heterocycles. The molecule has 0 saturated heterocycles. The molecule has 0 radical (unpaired) electrons. The molecule has 0 aliphatic rings. The maximum Gasteiger partial charge on any atom is 0.311 e. The van der Waals surface area contributed by atoms with Gasteiger partial charge in [-0.05, 0) is 20.0 Å². The Labute approximate surface area is 114 Å². The fourth-order valence-electron chi connectivity index (χ4n) is 1.73. The van der Waals surface area contributed by atoms with Crippen molar-refractivity contribution in [1.29, 1.82) is 0 Å². The summed E-state index contributed by atoms with van der Waals surface area (Å²) in [6.07, 6.45) is 0. The molecular weight excluding hydrogens is 264 g/mol. The van der Waals surface area contributed by atoms with E-state index in [4.69, 9.17) is 9.26 Å². The molecule has 0 unspecified atom stereocenters. The van der Waals surface area contributed by atoms with Gasteiger partial charge < -0.3 is 14.6 Å². The van der Waals surface area contributed by atoms with E-state index in [1.165, 1.54) is 6.07 Å². The van der Waals surface area contributed by atoms with Gasteiger partial charge in [0.05, 0.1) is 23.6 Å². The quantitative estimate of drug-likeness (QED) is 0.634. The maximum atomic E-state index is 11.0. The summed E-state index contributed by atoms with van der Waals surface area (Å²) >= 11 is 0. The molecule has 1 aromatic heterocycles. The molecule has 0 bridgehead atoms. The number of rotatable bonds is 6. The van der Waals surface area contributed by atoms with Crippen molar-refractivity contribution in [2.45, 2.75) is 13.5 Å². The van der Waals surface area contributed by atoms with Crippen LogP contribution in [0.1, 0.15) is 12.7 Å². The highest BCUT2D eigenvalue weighted by Gasteiger charge is 2.23. The van der Waals surface area contributed by atoms with Crippen LogP contribution in [0.15, 0.2) is 22.7 Å². The Morgan fingerprint density at radius 1 is 1.50 bits per heavy atom. The third kappa shape index (κ3) is 2.75. The normalized spacial score (nSPS) is 10.5. The predicted molar refractivity (Wildman–Crippen MR) is 70.3 cm³/mol. The fourth-order valence-corrected chi connectivity index (χ4v) is 1.73. The number of nitro groups is 1. The van der Waals surface area contributed by atoms with Gasteiger partial charge in [0.15, 0.2) is 5.82 Å². The van der Waals surface area contributed by atoms with E-state index in [0.717, 1.165) is 0 Å². The molecule has 20 heavy (non-hydrogen) atoms. The molecule has 8 nitrogen and oxygen atoms in total. The maximum absolute atomic E-state index is 11.0. The summed E-state index contributed by atoms with van der Waals surface area (Å²) in [4.78, 5) is 14.7. The van der Waals surface area contributed by atoms with E-state index in [0.29, 0.717) is 24.5 Å². The lowest BCUT2D eigenvalue weighted by Gasteiger charge is -2.07. The molecule has 0 spiro atoms. The van der Waals surface area contributed by atoms with Gasteiger partial charge in [-0.15, -0.1) is 0 Å². The molecule has 0 aliphatic heterocycles. The lowest BCUT2D eigenvalue weighted by Crippen LogP contribution is -2.06. The van der Waals surface area contributed by atoms with Crippen molar-refractivity contribution in [3.63, 3.8) is 0 Å². The van der Waals surface area contributed by atoms with Crippen molar-refractivity contribution in [2.75, 3.05) is 13.7 Å². The Hall–Kier alpha value is -2.48. The molecule has 8 heteroatoms. The number of hydrogen-bond donors (Lipinski definition) is 1. The van der Waals surface area contributed by atoms with Gasteiger partial charge in [-0.2, -0.15) is 4.98 Å². The molecule has 1 N–H and O–H groups in total. The van der Waals surface area contributed by atoms with Gasteiger partial charge in [0.2, 0.25) is 5.75 Å². The van der Waals surface area contributed by atoms with Crippen molar-refractivity contribution in [3.8, 4) is 17.2 Å². The molecule has 2 rings (SSSR count). The van der Waals surface area contributed by atoms with Crippen molar-refractivity contribution in [2.24, 2.45) is 0 Å². The number of hydrogen-bond acceptors (Lipinski definition) is 7. The van der Waals surface area contributed by atoms with Crippen molar-refractivity contribution in [1.82, 2.24) is 15.5 Å². The summed E-state index contributed by atoms with van der Waals surface area (Å²) in [5.41, 5.74) is 0.286. The van der Waals surface area contributed by atoms with Crippen LogP contribution in [0.3, 0.4) is 0 Å². The smallest absolute Gasteiger partial charge is 0.311 e. The first-order chi connectivity index (χ1) is 9.67. The number of nitro benzene ring substituents is 1. The Kier molecular flexibility index (Phi) is 4.26. The fraction of sp³-hybridized carbons (Fsp3) is 0.333. The van der Waals surface area contributed by atoms with Gasteiger partial charge >= 0.3 is 5.69 Å². The Balaban J connectivity index is 2.48. The van der Waals surface area contributed by atoms with Gasteiger partial charge in [-0.1, -0.05) is 11.2 Å². The van der Waals surface area contributed by atoms with Crippen molar-refractivity contribution >= 4 is 5.69 Å². The van der Waals surface area contributed by atoms with Gasteiger partial charge in [0.25, 0.3) is 5.89 Å². The van der Waals surface area contributed by atoms with Gasteiger partial charge in [-0.3, -0.25) is 10.1 Å². The molecule has 2 aromatic rings. The number of benzene rings is 1. The largest absolute Gasteiger partial charge is 0.487 e. The Morgan fingerprint density at radius 2 is 2.30 bits per heavy atom. The minimum Gasteiger partial charge on any atom is -0.487 e. The molecular formula is C12H14N4O4. The minimum absolute atomic E-state index is 0.127. The van der Waals surface area contributed by atoms with Crippen LogP contribution in [-0.2, 0) is 6.54 Å². The summed E-state index contributed by atoms with van der Waals surface area (Å²) in [7, 11) is 1.76. The van der Waals surface area contributed by atoms with E-state index in [2.05, 4.69) is 15.5 Å². The number of para-hydroxylation sites is 1. The summed E-state index contributed by atoms with van der Waals surface area (Å²) in [5.74, 6) is 0.804. The summed E-state index contributed by atoms with van der Waals surface area (Å²) < 4.78 is 10.5. The third-order valence-corrected chi connectivity index (χ3v) is 2.51. The highest BCUT2D eigenvalue weighted by molar-refractivity contribution is 5.69. The lowest BCUT2D eigenvalue weighted by atomic mass is 10.1. The number of nitrogens with one attached hydrogen (secondary N) is 1. The second kappa shape index (κ2) is 6.11. The zero-order valence-corrected chi connectivity index (χ0v) is 11.1. The van der Waals surface area contributed by atoms with E-state index in [1.54, 1.807) is 26.1 Å². The predicted octanol–water partition coefficient (Wildman–Crippen LogP) is 1.76. The number of ether oxygens (including phenoxy) is 1. The SMILES string of the molecule is CCOc1c(-c2nc(CNC)no2)cccc1[N+](=O)[O-]. The van der Waals surface area contributed by atoms with Gasteiger partial charge in [0.1, 0.15) is 0 Å². The van der Waals surface area contributed by atoms with Gasteiger partial charge in [-0.25, -0.2) is 0 Å². The third-order valence-electron chi connectivity index (χ3n) is 2.51. The molecule has 0 fully saturated rings. The molecule has 0 amide bonds. The standard InChI is InChI=1S/C12H14N4O4/c1-3-19-11-8(5-4-6-9(11)16(17)18)12-14-10(7-13-2)15-20-12/h4-6,13H,3,7H2,1-2H3. The highest BCUT2D eigenvalue weighted by atomic mass is 16.6. The highest BCUT2D eigenvalue weighted by Crippen LogP contribution is 2.37. The second-order valence-electron chi connectivity index (χ2n) is 3.89. The van der Waals surface area contributed by atoms with Crippen molar-refractivity contribution < 1.29 is 14.2 Å². The van der Waals surface area contributed by atoms with Crippen LogP contribution in [0.4, 0.5) is 5.69 Å². The van der Waals surface area contributed by atoms with Crippen molar-refractivity contribution in [3.05, 3.63) is 34.1 Å². The number of nitrogens with zero attached hydrogens (tertiary/aromatic N) is 3. The summed E-state index contributed by atoms with van der Waals surface area (Å²) in [6.45, 7) is 2.50. The summed E-state index contributed by atoms with van der Waals surface area (Å²) in [6, 6.07) is 4.58. The molecule has 1 aromatic carbocycles. The topological polar surface area (TPSA) is 103 Å². The van der Waals surface area contributed by atoms with Crippen LogP contribution in [0.5, 0.6) is 5.75 Å². The van der Waals surface area contributed by atoms with Crippen LogP contribution >= 0.6 is 0 Å². The first-order valence-electron chi connectivity index (χ1n) is 6.05. The van der Waals surface area contributed by atoms with E-state index < -0.39 is 4.92 Å². The molecule has 0 atom stereocenters. The molecule has 0 aliphatic carbocycles. The van der Waals surface area contributed by atoms with E-state index in [9.17, 15) is 10.1 Å². The van der Waals surface area contributed by atoms with E-state index in [1.807, 2.05) is 0 Å². The first kappa shape index (κ1) is 13.9. The lowest BCUT2D eigenvalue weighted by molar-refractivity contribution is -0.385. The Bertz CT molecular complexity index is 611.